The number of hydrogen-bond donors (Lipinski definition) is 0. The fraction of sp³-hybridized carbons (Fsp3) is 0.125. The molecule has 2 rings (SSSR count). The van der Waals surface area contributed by atoms with E-state index in [1.807, 2.05) is 6.26 Å². The molecule has 0 heterocycles. The van der Waals surface area contributed by atoms with E-state index in [0.29, 0.717) is 15.7 Å². The molecule has 122 valence electrons. The van der Waals surface area contributed by atoms with E-state index in [9.17, 15) is 8.42 Å². The molecule has 0 aliphatic rings. The van der Waals surface area contributed by atoms with Gasteiger partial charge in [-0.3, -0.25) is 4.31 Å². The van der Waals surface area contributed by atoms with E-state index in [1.54, 1.807) is 48.2 Å². The van der Waals surface area contributed by atoms with E-state index in [0.717, 1.165) is 4.90 Å². The molecule has 0 atom stereocenters. The number of halogens is 2. The van der Waals surface area contributed by atoms with Crippen molar-refractivity contribution in [2.45, 2.75) is 9.79 Å². The van der Waals surface area contributed by atoms with Crippen LogP contribution in [0.15, 0.2) is 64.9 Å². The largest absolute Gasteiger partial charge is 0.264 e. The minimum atomic E-state index is -3.72. The van der Waals surface area contributed by atoms with E-state index >= 15 is 0 Å². The van der Waals surface area contributed by atoms with Crippen molar-refractivity contribution in [1.29, 1.82) is 0 Å². The molecule has 0 unspecified atom stereocenters. The summed E-state index contributed by atoms with van der Waals surface area (Å²) in [6.45, 7) is 3.76. The average Bonchev–Trinajstić information content (AvgIpc) is 2.55. The van der Waals surface area contributed by atoms with Gasteiger partial charge in [0.2, 0.25) is 0 Å². The molecule has 0 saturated carbocycles. The van der Waals surface area contributed by atoms with Gasteiger partial charge in [-0.2, -0.15) is 0 Å². The first kappa shape index (κ1) is 18.2. The van der Waals surface area contributed by atoms with Crippen molar-refractivity contribution in [1.82, 2.24) is 0 Å². The van der Waals surface area contributed by atoms with Gasteiger partial charge in [-0.1, -0.05) is 29.3 Å². The lowest BCUT2D eigenvalue weighted by Crippen LogP contribution is -2.31. The molecule has 0 aromatic heterocycles. The van der Waals surface area contributed by atoms with Gasteiger partial charge in [0.05, 0.1) is 27.2 Å². The van der Waals surface area contributed by atoms with Gasteiger partial charge in [-0.05, 0) is 48.7 Å². The highest BCUT2D eigenvalue weighted by molar-refractivity contribution is 7.98. The maximum absolute atomic E-state index is 12.9. The molecule has 2 aromatic rings. The van der Waals surface area contributed by atoms with Crippen LogP contribution in [-0.4, -0.2) is 21.2 Å². The third kappa shape index (κ3) is 4.04. The molecule has 0 spiro atoms. The van der Waals surface area contributed by atoms with Crippen molar-refractivity contribution < 1.29 is 8.42 Å². The highest BCUT2D eigenvalue weighted by atomic mass is 35.5. The first-order chi connectivity index (χ1) is 10.9. The molecular weight excluding hydrogens is 373 g/mol. The van der Waals surface area contributed by atoms with E-state index in [-0.39, 0.29) is 11.4 Å². The third-order valence-electron chi connectivity index (χ3n) is 3.13. The summed E-state index contributed by atoms with van der Waals surface area (Å²) < 4.78 is 27.1. The second-order valence-electron chi connectivity index (χ2n) is 4.60. The lowest BCUT2D eigenvalue weighted by atomic mass is 10.3. The summed E-state index contributed by atoms with van der Waals surface area (Å²) in [7, 11) is -3.72. The van der Waals surface area contributed by atoms with Crippen molar-refractivity contribution in [3.8, 4) is 0 Å². The highest BCUT2D eigenvalue weighted by Crippen LogP contribution is 2.30. The van der Waals surface area contributed by atoms with Crippen molar-refractivity contribution in [3.05, 3.63) is 65.2 Å². The molecule has 0 bridgehead atoms. The normalized spacial score (nSPS) is 11.3. The standard InChI is InChI=1S/C16H15Cl2NO2S2/c1-3-10-19(12-4-9-15(17)16(18)11-12)23(20,21)14-7-5-13(22-2)6-8-14/h3-9,11H,1,10H2,2H3. The first-order valence-electron chi connectivity index (χ1n) is 6.63. The van der Waals surface area contributed by atoms with Crippen LogP contribution in [0.25, 0.3) is 0 Å². The Morgan fingerprint density at radius 1 is 1.13 bits per heavy atom. The number of sulfonamides is 1. The Hall–Kier alpha value is -1.14. The zero-order valence-corrected chi connectivity index (χ0v) is 15.5. The molecule has 7 heteroatoms. The minimum Gasteiger partial charge on any atom is -0.262 e. The summed E-state index contributed by atoms with van der Waals surface area (Å²) in [4.78, 5) is 1.21. The second kappa shape index (κ2) is 7.62. The van der Waals surface area contributed by atoms with Gasteiger partial charge in [0.25, 0.3) is 10.0 Å². The van der Waals surface area contributed by atoms with Gasteiger partial charge >= 0.3 is 0 Å². The summed E-state index contributed by atoms with van der Waals surface area (Å²) >= 11 is 13.5. The predicted octanol–water partition coefficient (Wildman–Crippen LogP) is 5.10. The maximum Gasteiger partial charge on any atom is 0.264 e. The van der Waals surface area contributed by atoms with Gasteiger partial charge in [0, 0.05) is 4.90 Å². The van der Waals surface area contributed by atoms with Crippen LogP contribution in [-0.2, 0) is 10.0 Å². The van der Waals surface area contributed by atoms with Crippen LogP contribution >= 0.6 is 35.0 Å². The summed E-state index contributed by atoms with van der Waals surface area (Å²) in [5.41, 5.74) is 0.438. The van der Waals surface area contributed by atoms with Crippen LogP contribution in [0.2, 0.25) is 10.0 Å². The maximum atomic E-state index is 12.9. The predicted molar refractivity (Wildman–Crippen MR) is 99.4 cm³/mol. The van der Waals surface area contributed by atoms with Gasteiger partial charge in [-0.15, -0.1) is 18.3 Å². The first-order valence-corrected chi connectivity index (χ1v) is 10.0. The van der Waals surface area contributed by atoms with E-state index in [1.165, 1.54) is 16.4 Å². The molecule has 0 radical (unpaired) electrons. The second-order valence-corrected chi connectivity index (χ2v) is 8.16. The topological polar surface area (TPSA) is 37.4 Å². The molecule has 0 fully saturated rings. The molecule has 2 aromatic carbocycles. The number of benzene rings is 2. The highest BCUT2D eigenvalue weighted by Gasteiger charge is 2.24. The number of hydrogen-bond acceptors (Lipinski definition) is 3. The molecule has 0 N–H and O–H groups in total. The van der Waals surface area contributed by atoms with Gasteiger partial charge < -0.3 is 0 Å². The zero-order valence-electron chi connectivity index (χ0n) is 12.4. The summed E-state index contributed by atoms with van der Waals surface area (Å²) in [6.07, 6.45) is 3.46. The SMILES string of the molecule is C=CCN(c1ccc(Cl)c(Cl)c1)S(=O)(=O)c1ccc(SC)cc1. The zero-order chi connectivity index (χ0) is 17.0. The Balaban J connectivity index is 2.49. The average molecular weight is 388 g/mol. The van der Waals surface area contributed by atoms with Crippen LogP contribution in [0.1, 0.15) is 0 Å². The number of rotatable bonds is 6. The van der Waals surface area contributed by atoms with E-state index < -0.39 is 10.0 Å². The summed E-state index contributed by atoms with van der Waals surface area (Å²) in [6, 6.07) is 11.5. The molecular formula is C16H15Cl2NO2S2. The van der Waals surface area contributed by atoms with Crippen molar-refractivity contribution in [2.75, 3.05) is 17.1 Å². The van der Waals surface area contributed by atoms with Crippen LogP contribution in [0.4, 0.5) is 5.69 Å². The van der Waals surface area contributed by atoms with Crippen LogP contribution in [0.3, 0.4) is 0 Å². The quantitative estimate of drug-likeness (QED) is 0.511. The lowest BCUT2D eigenvalue weighted by molar-refractivity contribution is 0.593. The molecule has 0 aliphatic carbocycles. The molecule has 0 saturated heterocycles. The number of nitrogens with zero attached hydrogens (tertiary/aromatic N) is 1. The summed E-state index contributed by atoms with van der Waals surface area (Å²) in [5.74, 6) is 0. The van der Waals surface area contributed by atoms with Crippen LogP contribution < -0.4 is 4.31 Å². The van der Waals surface area contributed by atoms with Crippen LogP contribution in [0.5, 0.6) is 0 Å². The Morgan fingerprint density at radius 3 is 2.30 bits per heavy atom. The Kier molecular flexibility index (Phi) is 6.03. The third-order valence-corrected chi connectivity index (χ3v) is 6.42. The van der Waals surface area contributed by atoms with E-state index in [4.69, 9.17) is 23.2 Å². The monoisotopic (exact) mass is 387 g/mol. The van der Waals surface area contributed by atoms with Crippen molar-refractivity contribution in [2.24, 2.45) is 0 Å². The summed E-state index contributed by atoms with van der Waals surface area (Å²) in [5, 5.41) is 0.668. The molecule has 3 nitrogen and oxygen atoms in total. The molecule has 0 aliphatic heterocycles. The lowest BCUT2D eigenvalue weighted by Gasteiger charge is -2.23. The number of thioether (sulfide) groups is 1. The van der Waals surface area contributed by atoms with Gasteiger partial charge in [0.15, 0.2) is 0 Å². The molecule has 0 amide bonds. The molecule has 23 heavy (non-hydrogen) atoms. The van der Waals surface area contributed by atoms with Gasteiger partial charge in [0.1, 0.15) is 0 Å². The Labute approximate surface area is 151 Å². The minimum absolute atomic E-state index is 0.130. The smallest absolute Gasteiger partial charge is 0.262 e. The fourth-order valence-electron chi connectivity index (χ4n) is 1.97. The fourth-order valence-corrected chi connectivity index (χ4v) is 4.10. The van der Waals surface area contributed by atoms with Crippen molar-refractivity contribution >= 4 is 50.7 Å². The van der Waals surface area contributed by atoms with E-state index in [2.05, 4.69) is 6.58 Å². The number of anilines is 1. The van der Waals surface area contributed by atoms with Crippen LogP contribution in [0, 0.1) is 0 Å². The van der Waals surface area contributed by atoms with Crippen molar-refractivity contribution in [3.63, 3.8) is 0 Å². The Morgan fingerprint density at radius 2 is 1.78 bits per heavy atom. The van der Waals surface area contributed by atoms with Gasteiger partial charge in [-0.25, -0.2) is 8.42 Å². The Bertz CT molecular complexity index is 805.